The highest BCUT2D eigenvalue weighted by Crippen LogP contribution is 2.38. The summed E-state index contributed by atoms with van der Waals surface area (Å²) in [7, 11) is 2.36. The van der Waals surface area contributed by atoms with E-state index < -0.39 is 0 Å². The summed E-state index contributed by atoms with van der Waals surface area (Å²) in [6.07, 6.45) is 11.6. The summed E-state index contributed by atoms with van der Waals surface area (Å²) in [6.45, 7) is 0. The Bertz CT molecular complexity index is 722. The van der Waals surface area contributed by atoms with E-state index in [4.69, 9.17) is 0 Å². The molecule has 2 heteroatoms. The third-order valence-corrected chi connectivity index (χ3v) is 6.78. The van der Waals surface area contributed by atoms with Crippen molar-refractivity contribution < 1.29 is 4.39 Å². The van der Waals surface area contributed by atoms with Crippen molar-refractivity contribution >= 4 is 7.85 Å². The van der Waals surface area contributed by atoms with E-state index in [0.29, 0.717) is 11.8 Å². The van der Waals surface area contributed by atoms with Crippen molar-refractivity contribution in [1.82, 2.24) is 0 Å². The topological polar surface area (TPSA) is 0 Å². The van der Waals surface area contributed by atoms with Gasteiger partial charge in [-0.2, -0.15) is 0 Å². The van der Waals surface area contributed by atoms with Crippen LogP contribution in [0.1, 0.15) is 80.8 Å². The summed E-state index contributed by atoms with van der Waals surface area (Å²) in [5, 5.41) is 0. The van der Waals surface area contributed by atoms with Crippen molar-refractivity contribution in [3.63, 3.8) is 0 Å². The van der Waals surface area contributed by atoms with Gasteiger partial charge in [0.1, 0.15) is 13.7 Å². The van der Waals surface area contributed by atoms with E-state index in [9.17, 15) is 4.39 Å². The number of rotatable bonds is 3. The molecule has 136 valence electrons. The first-order valence-corrected chi connectivity index (χ1v) is 10.6. The normalized spacial score (nSPS) is 24.5. The Morgan fingerprint density at radius 1 is 0.692 bits per heavy atom. The number of hydrogen-bond donors (Lipinski definition) is 0. The Morgan fingerprint density at radius 2 is 1.31 bits per heavy atom. The van der Waals surface area contributed by atoms with Crippen LogP contribution in [0, 0.1) is 5.82 Å². The van der Waals surface area contributed by atoms with Crippen molar-refractivity contribution in [2.45, 2.75) is 75.4 Å². The summed E-state index contributed by atoms with van der Waals surface area (Å²) in [4.78, 5) is 0. The predicted octanol–water partition coefficient (Wildman–Crippen LogP) is 6.62. The van der Waals surface area contributed by atoms with Crippen molar-refractivity contribution in [2.24, 2.45) is 0 Å². The average molecular weight is 348 g/mol. The van der Waals surface area contributed by atoms with Crippen LogP contribution in [-0.2, 0) is 0 Å². The SMILES string of the molecule is BC1CCC(c2ccc(-c3ccc(C4CCCCC4)cc3F)cc2)CC1. The van der Waals surface area contributed by atoms with Crippen molar-refractivity contribution in [2.75, 3.05) is 0 Å². The zero-order valence-electron chi connectivity index (χ0n) is 16.0. The molecule has 26 heavy (non-hydrogen) atoms. The van der Waals surface area contributed by atoms with E-state index in [-0.39, 0.29) is 5.82 Å². The van der Waals surface area contributed by atoms with Crippen LogP contribution in [-0.4, -0.2) is 7.85 Å². The fourth-order valence-corrected chi connectivity index (χ4v) is 4.98. The molecule has 4 rings (SSSR count). The molecule has 0 spiro atoms. The van der Waals surface area contributed by atoms with Gasteiger partial charge < -0.3 is 0 Å². The zero-order chi connectivity index (χ0) is 17.9. The first kappa shape index (κ1) is 17.8. The van der Waals surface area contributed by atoms with Crippen molar-refractivity contribution in [3.8, 4) is 11.1 Å². The van der Waals surface area contributed by atoms with Crippen molar-refractivity contribution in [3.05, 3.63) is 59.4 Å². The maximum absolute atomic E-state index is 14.8. The van der Waals surface area contributed by atoms with Gasteiger partial charge in [0.05, 0.1) is 0 Å². The molecule has 2 aliphatic rings. The summed E-state index contributed by atoms with van der Waals surface area (Å²) < 4.78 is 14.8. The molecule has 0 aliphatic heterocycles. The van der Waals surface area contributed by atoms with Gasteiger partial charge >= 0.3 is 0 Å². The summed E-state index contributed by atoms with van der Waals surface area (Å²) in [6, 6.07) is 14.6. The Labute approximate surface area is 158 Å². The van der Waals surface area contributed by atoms with E-state index >= 15 is 0 Å². The lowest BCUT2D eigenvalue weighted by Crippen LogP contribution is -2.09. The van der Waals surface area contributed by atoms with Gasteiger partial charge in [-0.3, -0.25) is 0 Å². The number of benzene rings is 2. The molecule has 0 amide bonds. The highest BCUT2D eigenvalue weighted by molar-refractivity contribution is 6.11. The van der Waals surface area contributed by atoms with E-state index in [1.165, 1.54) is 68.9 Å². The monoisotopic (exact) mass is 348 g/mol. The Balaban J connectivity index is 1.50. The molecule has 2 aromatic carbocycles. The second-order valence-electron chi connectivity index (χ2n) is 8.65. The standard InChI is InChI=1S/C24H30BF/c25-22-13-10-19(11-14-22)18-6-8-20(9-7-18)23-15-12-21(16-24(23)26)17-4-2-1-3-5-17/h6-9,12,15-17,19,22H,1-5,10-11,13-14,25H2. The lowest BCUT2D eigenvalue weighted by atomic mass is 9.70. The maximum atomic E-state index is 14.8. The zero-order valence-corrected chi connectivity index (χ0v) is 16.0. The smallest absolute Gasteiger partial charge is 0.131 e. The summed E-state index contributed by atoms with van der Waals surface area (Å²) >= 11 is 0. The van der Waals surface area contributed by atoms with Crippen LogP contribution in [0.4, 0.5) is 4.39 Å². The fraction of sp³-hybridized carbons (Fsp3) is 0.500. The molecule has 2 fully saturated rings. The Morgan fingerprint density at radius 3 is 1.96 bits per heavy atom. The van der Waals surface area contributed by atoms with E-state index in [1.807, 2.05) is 6.07 Å². The molecule has 2 aromatic rings. The Kier molecular flexibility index (Phi) is 5.48. The van der Waals surface area contributed by atoms with Gasteiger partial charge in [0.2, 0.25) is 0 Å². The van der Waals surface area contributed by atoms with Gasteiger partial charge in [0.25, 0.3) is 0 Å². The van der Waals surface area contributed by atoms with Gasteiger partial charge in [-0.05, 0) is 60.3 Å². The third-order valence-electron chi connectivity index (χ3n) is 6.78. The summed E-state index contributed by atoms with van der Waals surface area (Å²) in [5.41, 5.74) is 4.37. The quantitative estimate of drug-likeness (QED) is 0.547. The molecule has 0 heterocycles. The van der Waals surface area contributed by atoms with Gasteiger partial charge in [-0.25, -0.2) is 4.39 Å². The molecule has 0 atom stereocenters. The number of halogens is 1. The minimum atomic E-state index is -0.0627. The first-order chi connectivity index (χ1) is 12.7. The third kappa shape index (κ3) is 3.90. The largest absolute Gasteiger partial charge is 0.206 e. The van der Waals surface area contributed by atoms with Crippen LogP contribution < -0.4 is 0 Å². The highest BCUT2D eigenvalue weighted by atomic mass is 19.1. The molecule has 0 bridgehead atoms. The second kappa shape index (κ2) is 7.98. The maximum Gasteiger partial charge on any atom is 0.131 e. The second-order valence-corrected chi connectivity index (χ2v) is 8.65. The van der Waals surface area contributed by atoms with Crippen LogP contribution >= 0.6 is 0 Å². The molecule has 0 saturated heterocycles. The average Bonchev–Trinajstić information content (AvgIpc) is 2.69. The summed E-state index contributed by atoms with van der Waals surface area (Å²) in [5.74, 6) is 2.07. The van der Waals surface area contributed by atoms with E-state index in [2.05, 4.69) is 38.2 Å². The van der Waals surface area contributed by atoms with Gasteiger partial charge in [0.15, 0.2) is 0 Å². The van der Waals surface area contributed by atoms with Crippen molar-refractivity contribution in [1.29, 1.82) is 0 Å². The molecule has 2 aliphatic carbocycles. The predicted molar refractivity (Wildman–Crippen MR) is 111 cm³/mol. The highest BCUT2D eigenvalue weighted by Gasteiger charge is 2.20. The molecule has 0 nitrogen and oxygen atoms in total. The lowest BCUT2D eigenvalue weighted by Gasteiger charge is -2.26. The van der Waals surface area contributed by atoms with Crippen LogP contribution in [0.3, 0.4) is 0 Å². The van der Waals surface area contributed by atoms with E-state index in [1.54, 1.807) is 6.07 Å². The minimum Gasteiger partial charge on any atom is -0.206 e. The Hall–Kier alpha value is -1.57. The molecule has 0 radical (unpaired) electrons. The molecular weight excluding hydrogens is 318 g/mol. The van der Waals surface area contributed by atoms with E-state index in [0.717, 1.165) is 16.9 Å². The molecule has 0 unspecified atom stereocenters. The van der Waals surface area contributed by atoms with Gasteiger partial charge in [-0.1, -0.05) is 74.3 Å². The van der Waals surface area contributed by atoms with Crippen LogP contribution in [0.5, 0.6) is 0 Å². The minimum absolute atomic E-state index is 0.0627. The molecule has 0 aromatic heterocycles. The van der Waals surface area contributed by atoms with Gasteiger partial charge in [-0.15, -0.1) is 0 Å². The molecule has 2 saturated carbocycles. The molecular formula is C24H30BF. The fourth-order valence-electron chi connectivity index (χ4n) is 4.98. The number of hydrogen-bond acceptors (Lipinski definition) is 0. The molecule has 0 N–H and O–H groups in total. The van der Waals surface area contributed by atoms with Crippen LogP contribution in [0.15, 0.2) is 42.5 Å². The van der Waals surface area contributed by atoms with Crippen LogP contribution in [0.2, 0.25) is 5.82 Å². The van der Waals surface area contributed by atoms with Crippen LogP contribution in [0.25, 0.3) is 11.1 Å². The first-order valence-electron chi connectivity index (χ1n) is 10.6. The lowest BCUT2D eigenvalue weighted by molar-refractivity contribution is 0.442. The van der Waals surface area contributed by atoms with Gasteiger partial charge in [0, 0.05) is 5.56 Å².